The third kappa shape index (κ3) is 3.70. The van der Waals surface area contributed by atoms with Crippen LogP contribution in [0.2, 0.25) is 5.02 Å². The van der Waals surface area contributed by atoms with E-state index in [1.54, 1.807) is 13.0 Å². The summed E-state index contributed by atoms with van der Waals surface area (Å²) in [7, 11) is 0. The van der Waals surface area contributed by atoms with Crippen molar-refractivity contribution in [2.45, 2.75) is 13.5 Å². The van der Waals surface area contributed by atoms with Crippen molar-refractivity contribution in [3.05, 3.63) is 59.0 Å². The summed E-state index contributed by atoms with van der Waals surface area (Å²) in [5.74, 6) is 0.110. The van der Waals surface area contributed by atoms with Crippen LogP contribution in [0.1, 0.15) is 12.5 Å². The molecule has 3 aromatic rings. The van der Waals surface area contributed by atoms with Gasteiger partial charge in [-0.3, -0.25) is 9.69 Å². The first kappa shape index (κ1) is 18.8. The number of halogens is 2. The first-order valence-corrected chi connectivity index (χ1v) is 9.53. The number of rotatable bonds is 4. The van der Waals surface area contributed by atoms with Crippen LogP contribution in [0.15, 0.2) is 42.6 Å². The zero-order valence-electron chi connectivity index (χ0n) is 15.5. The van der Waals surface area contributed by atoms with E-state index in [1.807, 2.05) is 33.9 Å². The standard InChI is InChI=1S/C21H20ClFN2O3/c1-2-27-20(26)13-24-7-8-28-21-15(12-24)10-17(11-18(21)22)25-6-5-14-9-16(23)3-4-19(14)25/h3-6,9-11H,2,7-8,12-13H2,1H3. The largest absolute Gasteiger partial charge is 0.490 e. The molecule has 0 unspecified atom stereocenters. The minimum Gasteiger partial charge on any atom is -0.490 e. The van der Waals surface area contributed by atoms with Gasteiger partial charge in [0, 0.05) is 35.9 Å². The molecule has 0 saturated heterocycles. The highest BCUT2D eigenvalue weighted by atomic mass is 35.5. The minimum atomic E-state index is -0.270. The number of aromatic nitrogens is 1. The van der Waals surface area contributed by atoms with Crippen LogP contribution in [0, 0.1) is 5.82 Å². The molecular formula is C21H20ClFN2O3. The van der Waals surface area contributed by atoms with Crippen LogP contribution in [0.5, 0.6) is 5.75 Å². The molecule has 0 fully saturated rings. The van der Waals surface area contributed by atoms with Crippen molar-refractivity contribution in [2.24, 2.45) is 0 Å². The Morgan fingerprint density at radius 2 is 2.14 bits per heavy atom. The Labute approximate surface area is 167 Å². The zero-order valence-corrected chi connectivity index (χ0v) is 16.2. The second-order valence-electron chi connectivity index (χ2n) is 6.67. The lowest BCUT2D eigenvalue weighted by Crippen LogP contribution is -2.32. The maximum Gasteiger partial charge on any atom is 0.320 e. The van der Waals surface area contributed by atoms with E-state index >= 15 is 0 Å². The zero-order chi connectivity index (χ0) is 19.7. The molecule has 146 valence electrons. The van der Waals surface area contributed by atoms with Crippen LogP contribution >= 0.6 is 11.6 Å². The number of ether oxygens (including phenoxy) is 2. The van der Waals surface area contributed by atoms with Crippen molar-refractivity contribution in [1.82, 2.24) is 9.47 Å². The molecule has 0 atom stereocenters. The topological polar surface area (TPSA) is 43.7 Å². The molecule has 0 radical (unpaired) electrons. The molecule has 5 nitrogen and oxygen atoms in total. The predicted octanol–water partition coefficient (Wildman–Crippen LogP) is 4.18. The smallest absolute Gasteiger partial charge is 0.320 e. The summed E-state index contributed by atoms with van der Waals surface area (Å²) in [6.07, 6.45) is 1.89. The molecule has 0 amide bonds. The van der Waals surface area contributed by atoms with Gasteiger partial charge in [-0.25, -0.2) is 4.39 Å². The number of benzene rings is 2. The average molecular weight is 403 g/mol. The van der Waals surface area contributed by atoms with Gasteiger partial charge in [0.15, 0.2) is 0 Å². The number of hydrogen-bond acceptors (Lipinski definition) is 4. The maximum atomic E-state index is 13.5. The molecule has 1 aromatic heterocycles. The van der Waals surface area contributed by atoms with E-state index in [9.17, 15) is 9.18 Å². The molecule has 2 heterocycles. The van der Waals surface area contributed by atoms with Gasteiger partial charge in [-0.2, -0.15) is 0 Å². The first-order valence-electron chi connectivity index (χ1n) is 9.15. The molecule has 1 aliphatic heterocycles. The van der Waals surface area contributed by atoms with Gasteiger partial charge in [0.2, 0.25) is 0 Å². The Hall–Kier alpha value is -2.57. The Bertz CT molecular complexity index is 1030. The van der Waals surface area contributed by atoms with Crippen LogP contribution < -0.4 is 4.74 Å². The molecule has 1 aliphatic rings. The number of nitrogens with zero attached hydrogens (tertiary/aromatic N) is 2. The van der Waals surface area contributed by atoms with Crippen molar-refractivity contribution in [1.29, 1.82) is 0 Å². The summed E-state index contributed by atoms with van der Waals surface area (Å²) < 4.78 is 26.4. The van der Waals surface area contributed by atoms with Gasteiger partial charge >= 0.3 is 5.97 Å². The lowest BCUT2D eigenvalue weighted by Gasteiger charge is -2.18. The molecule has 0 spiro atoms. The summed E-state index contributed by atoms with van der Waals surface area (Å²) >= 11 is 6.51. The average Bonchev–Trinajstić information content (AvgIpc) is 2.95. The molecule has 4 rings (SSSR count). The van der Waals surface area contributed by atoms with Gasteiger partial charge in [0.25, 0.3) is 0 Å². The van der Waals surface area contributed by atoms with Crippen LogP contribution in [-0.2, 0) is 16.1 Å². The molecule has 7 heteroatoms. The highest BCUT2D eigenvalue weighted by Gasteiger charge is 2.21. The Balaban J connectivity index is 1.69. The lowest BCUT2D eigenvalue weighted by molar-refractivity contribution is -0.144. The van der Waals surface area contributed by atoms with Gasteiger partial charge in [-0.15, -0.1) is 0 Å². The fourth-order valence-corrected chi connectivity index (χ4v) is 3.80. The number of carbonyl (C=O) groups is 1. The monoisotopic (exact) mass is 402 g/mol. The fraction of sp³-hybridized carbons (Fsp3) is 0.286. The molecule has 0 saturated carbocycles. The second-order valence-corrected chi connectivity index (χ2v) is 7.08. The molecule has 2 aromatic carbocycles. The van der Waals surface area contributed by atoms with Gasteiger partial charge in [-0.05, 0) is 43.3 Å². The number of hydrogen-bond donors (Lipinski definition) is 0. The highest BCUT2D eigenvalue weighted by Crippen LogP contribution is 2.35. The normalized spacial score (nSPS) is 14.4. The van der Waals surface area contributed by atoms with Crippen LogP contribution in [0.4, 0.5) is 4.39 Å². The molecular weight excluding hydrogens is 383 g/mol. The first-order chi connectivity index (χ1) is 13.5. The minimum absolute atomic E-state index is 0.199. The molecule has 0 aliphatic carbocycles. The molecule has 28 heavy (non-hydrogen) atoms. The van der Waals surface area contributed by atoms with Gasteiger partial charge in [0.05, 0.1) is 23.7 Å². The van der Waals surface area contributed by atoms with E-state index in [4.69, 9.17) is 21.1 Å². The van der Waals surface area contributed by atoms with Gasteiger partial charge in [-0.1, -0.05) is 11.6 Å². The quantitative estimate of drug-likeness (QED) is 0.614. The van der Waals surface area contributed by atoms with E-state index < -0.39 is 0 Å². The highest BCUT2D eigenvalue weighted by molar-refractivity contribution is 6.32. The van der Waals surface area contributed by atoms with Crippen LogP contribution in [0.25, 0.3) is 16.6 Å². The summed E-state index contributed by atoms with van der Waals surface area (Å²) in [5, 5.41) is 1.32. The Kier molecular flexibility index (Phi) is 5.24. The van der Waals surface area contributed by atoms with Crippen LogP contribution in [0.3, 0.4) is 0 Å². The van der Waals surface area contributed by atoms with Crippen molar-refractivity contribution in [2.75, 3.05) is 26.3 Å². The Morgan fingerprint density at radius 3 is 2.96 bits per heavy atom. The Morgan fingerprint density at radius 1 is 1.29 bits per heavy atom. The number of esters is 1. The van der Waals surface area contributed by atoms with Crippen molar-refractivity contribution in [3.8, 4) is 11.4 Å². The van der Waals surface area contributed by atoms with E-state index in [0.717, 1.165) is 22.2 Å². The van der Waals surface area contributed by atoms with Crippen molar-refractivity contribution < 1.29 is 18.7 Å². The third-order valence-electron chi connectivity index (χ3n) is 4.74. The van der Waals surface area contributed by atoms with Crippen molar-refractivity contribution in [3.63, 3.8) is 0 Å². The lowest BCUT2D eigenvalue weighted by atomic mass is 10.1. The maximum absolute atomic E-state index is 13.5. The van der Waals surface area contributed by atoms with E-state index in [-0.39, 0.29) is 18.3 Å². The van der Waals surface area contributed by atoms with Gasteiger partial charge < -0.3 is 14.0 Å². The second kappa shape index (κ2) is 7.81. The summed E-state index contributed by atoms with van der Waals surface area (Å²) in [6.45, 7) is 3.91. The predicted molar refractivity (Wildman–Crippen MR) is 106 cm³/mol. The van der Waals surface area contributed by atoms with Gasteiger partial charge in [0.1, 0.15) is 18.2 Å². The summed E-state index contributed by atoms with van der Waals surface area (Å²) in [5.41, 5.74) is 2.63. The van der Waals surface area contributed by atoms with E-state index in [2.05, 4.69) is 0 Å². The third-order valence-corrected chi connectivity index (χ3v) is 5.02. The number of fused-ring (bicyclic) bond motifs is 2. The van der Waals surface area contributed by atoms with E-state index in [1.165, 1.54) is 12.1 Å². The summed E-state index contributed by atoms with van der Waals surface area (Å²) in [4.78, 5) is 13.8. The van der Waals surface area contributed by atoms with Crippen molar-refractivity contribution >= 4 is 28.5 Å². The SMILES string of the molecule is CCOC(=O)CN1CCOc2c(Cl)cc(-n3ccc4cc(F)ccc43)cc2C1. The number of carbonyl (C=O) groups excluding carboxylic acids is 1. The van der Waals surface area contributed by atoms with E-state index in [0.29, 0.717) is 37.1 Å². The van der Waals surface area contributed by atoms with Crippen LogP contribution in [-0.4, -0.2) is 41.7 Å². The summed E-state index contributed by atoms with van der Waals surface area (Å²) in [6, 6.07) is 10.4. The molecule has 0 N–H and O–H groups in total. The molecule has 0 bridgehead atoms. The fourth-order valence-electron chi connectivity index (χ4n) is 3.51.